The van der Waals surface area contributed by atoms with Gasteiger partial charge in [0.05, 0.1) is 22.9 Å². The zero-order valence-electron chi connectivity index (χ0n) is 10.2. The Balaban J connectivity index is 2.19. The summed E-state index contributed by atoms with van der Waals surface area (Å²) in [5.41, 5.74) is 2.31. The smallest absolute Gasteiger partial charge is 0.339 e. The van der Waals surface area contributed by atoms with Gasteiger partial charge in [-0.1, -0.05) is 17.7 Å². The number of rotatable bonds is 4. The van der Waals surface area contributed by atoms with E-state index in [0.29, 0.717) is 10.7 Å². The van der Waals surface area contributed by atoms with Crippen molar-refractivity contribution in [1.29, 1.82) is 0 Å². The molecule has 1 aromatic carbocycles. The Hall–Kier alpha value is -2.14. The molecule has 1 heterocycles. The average molecular weight is 278 g/mol. The first-order valence-electron chi connectivity index (χ1n) is 5.60. The SMILES string of the molecule is Cc1ccc(Cl)c(NCc2ncncc2C(=O)O)c1. The molecular weight excluding hydrogens is 266 g/mol. The van der Waals surface area contributed by atoms with Crippen LogP contribution in [0.4, 0.5) is 5.69 Å². The van der Waals surface area contributed by atoms with Gasteiger partial charge in [-0.05, 0) is 24.6 Å². The highest BCUT2D eigenvalue weighted by Crippen LogP contribution is 2.23. The molecule has 0 bridgehead atoms. The number of nitrogens with zero attached hydrogens (tertiary/aromatic N) is 2. The summed E-state index contributed by atoms with van der Waals surface area (Å²) in [5.74, 6) is -1.05. The standard InChI is InChI=1S/C13H12ClN3O2/c1-8-2-3-10(14)11(4-8)16-6-12-9(13(18)19)5-15-7-17-12/h2-5,7,16H,6H2,1H3,(H,18,19). The maximum absolute atomic E-state index is 11.0. The zero-order valence-corrected chi connectivity index (χ0v) is 11.0. The largest absolute Gasteiger partial charge is 0.478 e. The van der Waals surface area contributed by atoms with Gasteiger partial charge in [0.25, 0.3) is 0 Å². The van der Waals surface area contributed by atoms with E-state index in [-0.39, 0.29) is 12.1 Å². The molecule has 0 aliphatic carbocycles. The lowest BCUT2D eigenvalue weighted by Crippen LogP contribution is -2.10. The van der Waals surface area contributed by atoms with Gasteiger partial charge in [0.1, 0.15) is 11.9 Å². The highest BCUT2D eigenvalue weighted by Gasteiger charge is 2.11. The van der Waals surface area contributed by atoms with E-state index < -0.39 is 5.97 Å². The minimum absolute atomic E-state index is 0.0822. The van der Waals surface area contributed by atoms with E-state index in [4.69, 9.17) is 16.7 Å². The first-order chi connectivity index (χ1) is 9.08. The van der Waals surface area contributed by atoms with Crippen LogP contribution in [0.15, 0.2) is 30.7 Å². The topological polar surface area (TPSA) is 75.1 Å². The molecule has 0 saturated carbocycles. The first-order valence-corrected chi connectivity index (χ1v) is 5.98. The summed E-state index contributed by atoms with van der Waals surface area (Å²) in [4.78, 5) is 18.7. The number of hydrogen-bond donors (Lipinski definition) is 2. The maximum atomic E-state index is 11.0. The Morgan fingerprint density at radius 1 is 1.47 bits per heavy atom. The van der Waals surface area contributed by atoms with Crippen molar-refractivity contribution < 1.29 is 9.90 Å². The molecule has 1 aromatic heterocycles. The Bertz CT molecular complexity index is 617. The molecule has 0 fully saturated rings. The van der Waals surface area contributed by atoms with Crippen molar-refractivity contribution in [1.82, 2.24) is 9.97 Å². The fraction of sp³-hybridized carbons (Fsp3) is 0.154. The van der Waals surface area contributed by atoms with Gasteiger partial charge in [-0.15, -0.1) is 0 Å². The van der Waals surface area contributed by atoms with Gasteiger partial charge >= 0.3 is 5.97 Å². The Kier molecular flexibility index (Phi) is 3.97. The Labute approximate surface area is 115 Å². The quantitative estimate of drug-likeness (QED) is 0.899. The number of carboxylic acid groups (broad SMARTS) is 1. The molecule has 5 nitrogen and oxygen atoms in total. The summed E-state index contributed by atoms with van der Waals surface area (Å²) in [5, 5.41) is 12.7. The van der Waals surface area contributed by atoms with Gasteiger partial charge in [0.15, 0.2) is 0 Å². The van der Waals surface area contributed by atoms with Crippen molar-refractivity contribution in [3.63, 3.8) is 0 Å². The van der Waals surface area contributed by atoms with Crippen LogP contribution in [0.25, 0.3) is 0 Å². The minimum atomic E-state index is -1.05. The fourth-order valence-corrected chi connectivity index (χ4v) is 1.81. The normalized spacial score (nSPS) is 10.2. The summed E-state index contributed by atoms with van der Waals surface area (Å²) >= 11 is 6.05. The van der Waals surface area contributed by atoms with E-state index in [2.05, 4.69) is 15.3 Å². The molecule has 0 amide bonds. The second-order valence-corrected chi connectivity index (χ2v) is 4.43. The summed E-state index contributed by atoms with van der Waals surface area (Å²) in [6.07, 6.45) is 2.60. The van der Waals surface area contributed by atoms with Gasteiger partial charge in [0.2, 0.25) is 0 Å². The van der Waals surface area contributed by atoms with E-state index in [1.54, 1.807) is 6.07 Å². The van der Waals surface area contributed by atoms with E-state index in [1.807, 2.05) is 19.1 Å². The number of nitrogens with one attached hydrogen (secondary N) is 1. The number of anilines is 1. The van der Waals surface area contributed by atoms with Crippen molar-refractivity contribution in [3.8, 4) is 0 Å². The lowest BCUT2D eigenvalue weighted by molar-refractivity contribution is 0.0694. The van der Waals surface area contributed by atoms with Gasteiger partial charge in [-0.25, -0.2) is 14.8 Å². The Morgan fingerprint density at radius 3 is 3.00 bits per heavy atom. The number of hydrogen-bond acceptors (Lipinski definition) is 4. The number of halogens is 1. The molecule has 0 radical (unpaired) electrons. The molecule has 2 N–H and O–H groups in total. The molecule has 98 valence electrons. The van der Waals surface area contributed by atoms with Crippen LogP contribution in [0.1, 0.15) is 21.6 Å². The predicted octanol–water partition coefficient (Wildman–Crippen LogP) is 2.75. The van der Waals surface area contributed by atoms with Crippen LogP contribution in [0.3, 0.4) is 0 Å². The van der Waals surface area contributed by atoms with Crippen molar-refractivity contribution in [2.24, 2.45) is 0 Å². The summed E-state index contributed by atoms with van der Waals surface area (Å²) < 4.78 is 0. The number of carbonyl (C=O) groups is 1. The van der Waals surface area contributed by atoms with E-state index in [1.165, 1.54) is 12.5 Å². The molecule has 0 aliphatic rings. The number of aromatic nitrogens is 2. The predicted molar refractivity (Wildman–Crippen MR) is 72.5 cm³/mol. The summed E-state index contributed by atoms with van der Waals surface area (Å²) in [7, 11) is 0. The molecule has 19 heavy (non-hydrogen) atoms. The lowest BCUT2D eigenvalue weighted by Gasteiger charge is -2.10. The van der Waals surface area contributed by atoms with E-state index >= 15 is 0 Å². The third-order valence-electron chi connectivity index (χ3n) is 2.59. The second kappa shape index (κ2) is 5.67. The van der Waals surface area contributed by atoms with Crippen LogP contribution in [0.2, 0.25) is 5.02 Å². The van der Waals surface area contributed by atoms with Crippen LogP contribution in [-0.4, -0.2) is 21.0 Å². The highest BCUT2D eigenvalue weighted by atomic mass is 35.5. The molecule has 6 heteroatoms. The number of benzene rings is 1. The third-order valence-corrected chi connectivity index (χ3v) is 2.92. The molecule has 0 aliphatic heterocycles. The van der Waals surface area contributed by atoms with Gasteiger partial charge in [0, 0.05) is 6.20 Å². The van der Waals surface area contributed by atoms with Crippen LogP contribution < -0.4 is 5.32 Å². The fourth-order valence-electron chi connectivity index (χ4n) is 1.63. The third kappa shape index (κ3) is 3.20. The van der Waals surface area contributed by atoms with Crippen molar-refractivity contribution in [2.75, 3.05) is 5.32 Å². The van der Waals surface area contributed by atoms with E-state index in [9.17, 15) is 4.79 Å². The molecule has 0 spiro atoms. The maximum Gasteiger partial charge on any atom is 0.339 e. The number of aryl methyl sites for hydroxylation is 1. The summed E-state index contributed by atoms with van der Waals surface area (Å²) in [6.45, 7) is 2.22. The Morgan fingerprint density at radius 2 is 2.26 bits per heavy atom. The van der Waals surface area contributed by atoms with Crippen molar-refractivity contribution >= 4 is 23.3 Å². The monoisotopic (exact) mass is 277 g/mol. The molecule has 2 rings (SSSR count). The number of aromatic carboxylic acids is 1. The molecule has 2 aromatic rings. The molecule has 0 atom stereocenters. The molecule has 0 unspecified atom stereocenters. The highest BCUT2D eigenvalue weighted by molar-refractivity contribution is 6.33. The summed E-state index contributed by atoms with van der Waals surface area (Å²) in [6, 6.07) is 5.59. The minimum Gasteiger partial charge on any atom is -0.478 e. The zero-order chi connectivity index (χ0) is 13.8. The van der Waals surface area contributed by atoms with Gasteiger partial charge < -0.3 is 10.4 Å². The van der Waals surface area contributed by atoms with Gasteiger partial charge in [-0.2, -0.15) is 0 Å². The first kappa shape index (κ1) is 13.3. The van der Waals surface area contributed by atoms with Crippen LogP contribution >= 0.6 is 11.6 Å². The second-order valence-electron chi connectivity index (χ2n) is 4.03. The van der Waals surface area contributed by atoms with Crippen LogP contribution in [0.5, 0.6) is 0 Å². The van der Waals surface area contributed by atoms with Crippen molar-refractivity contribution in [2.45, 2.75) is 13.5 Å². The van der Waals surface area contributed by atoms with Crippen LogP contribution in [0, 0.1) is 6.92 Å². The van der Waals surface area contributed by atoms with E-state index in [0.717, 1.165) is 11.3 Å². The lowest BCUT2D eigenvalue weighted by atomic mass is 10.2. The number of carboxylic acids is 1. The van der Waals surface area contributed by atoms with Crippen LogP contribution in [-0.2, 0) is 6.54 Å². The molecular formula is C13H12ClN3O2. The molecule has 0 saturated heterocycles. The average Bonchev–Trinajstić information content (AvgIpc) is 2.40. The van der Waals surface area contributed by atoms with Gasteiger partial charge in [-0.3, -0.25) is 0 Å². The van der Waals surface area contributed by atoms with Crippen molar-refractivity contribution in [3.05, 3.63) is 52.6 Å².